The quantitative estimate of drug-likeness (QED) is 0.774. The fourth-order valence-corrected chi connectivity index (χ4v) is 3.41. The summed E-state index contributed by atoms with van der Waals surface area (Å²) in [7, 11) is 0. The van der Waals surface area contributed by atoms with E-state index < -0.39 is 0 Å². The maximum absolute atomic E-state index is 12.1. The lowest BCUT2D eigenvalue weighted by Gasteiger charge is -2.35. The predicted octanol–water partition coefficient (Wildman–Crippen LogP) is 2.73. The van der Waals surface area contributed by atoms with Crippen molar-refractivity contribution in [3.05, 3.63) is 35.4 Å². The fourth-order valence-electron chi connectivity index (χ4n) is 3.41. The zero-order valence-electron chi connectivity index (χ0n) is 16.2. The summed E-state index contributed by atoms with van der Waals surface area (Å²) in [6, 6.07) is 8.50. The van der Waals surface area contributed by atoms with Crippen LogP contribution in [0.1, 0.15) is 44.7 Å². The van der Waals surface area contributed by atoms with E-state index in [1.54, 1.807) is 0 Å². The maximum atomic E-state index is 12.1. The summed E-state index contributed by atoms with van der Waals surface area (Å²) in [6.45, 7) is 10.2. The van der Waals surface area contributed by atoms with Crippen molar-refractivity contribution in [3.63, 3.8) is 0 Å². The largest absolute Gasteiger partial charge is 0.373 e. The molecular formula is C21H32N2O3. The molecule has 3 rings (SSSR count). The Morgan fingerprint density at radius 2 is 1.81 bits per heavy atom. The van der Waals surface area contributed by atoms with E-state index in [9.17, 15) is 4.79 Å². The highest BCUT2D eigenvalue weighted by molar-refractivity contribution is 5.80. The fraction of sp³-hybridized carbons (Fsp3) is 0.667. The molecule has 3 unspecified atom stereocenters. The van der Waals surface area contributed by atoms with Gasteiger partial charge in [-0.2, -0.15) is 0 Å². The molecule has 1 aromatic rings. The first-order chi connectivity index (χ1) is 12.5. The Balaban J connectivity index is 1.41. The number of amides is 1. The van der Waals surface area contributed by atoms with E-state index in [1.807, 2.05) is 6.92 Å². The van der Waals surface area contributed by atoms with Crippen molar-refractivity contribution in [1.82, 2.24) is 10.2 Å². The molecule has 5 nitrogen and oxygen atoms in total. The van der Waals surface area contributed by atoms with E-state index in [-0.39, 0.29) is 24.2 Å². The Morgan fingerprint density at radius 1 is 1.19 bits per heavy atom. The van der Waals surface area contributed by atoms with Crippen LogP contribution in [0, 0.1) is 5.92 Å². The molecule has 5 heteroatoms. The minimum absolute atomic E-state index is 0.0361. The highest BCUT2D eigenvalue weighted by Crippen LogP contribution is 2.29. The Hall–Kier alpha value is -1.43. The number of benzene rings is 1. The number of hydrogen-bond donors (Lipinski definition) is 1. The van der Waals surface area contributed by atoms with Gasteiger partial charge in [0.1, 0.15) is 6.10 Å². The molecule has 144 valence electrons. The number of nitrogens with zero attached hydrogens (tertiary/aromatic N) is 1. The first kappa shape index (κ1) is 19.3. The second-order valence-corrected chi connectivity index (χ2v) is 7.90. The van der Waals surface area contributed by atoms with E-state index in [4.69, 9.17) is 9.47 Å². The number of hydrogen-bond acceptors (Lipinski definition) is 4. The van der Waals surface area contributed by atoms with Crippen molar-refractivity contribution in [2.24, 2.45) is 5.92 Å². The van der Waals surface area contributed by atoms with E-state index in [2.05, 4.69) is 48.3 Å². The minimum atomic E-state index is -0.375. The van der Waals surface area contributed by atoms with E-state index in [0.29, 0.717) is 19.1 Å². The molecule has 1 saturated carbocycles. The highest BCUT2D eigenvalue weighted by atomic mass is 16.5. The molecule has 1 aliphatic heterocycles. The standard InChI is InChI=1S/C21H32N2O3/c1-15-11-23(12-16(2)26-15)13-19-6-4-18(5-7-19)10-22-21(24)17(3)25-14-20-8-9-20/h4-7,15-17,20H,8-14H2,1-3H3,(H,22,24). The molecule has 0 aromatic heterocycles. The zero-order valence-corrected chi connectivity index (χ0v) is 16.2. The van der Waals surface area contributed by atoms with Gasteiger partial charge < -0.3 is 14.8 Å². The normalized spacial score (nSPS) is 25.0. The summed E-state index contributed by atoms with van der Waals surface area (Å²) in [4.78, 5) is 14.5. The number of carbonyl (C=O) groups excluding carboxylic acids is 1. The first-order valence-corrected chi connectivity index (χ1v) is 9.84. The SMILES string of the molecule is CC1CN(Cc2ccc(CNC(=O)C(C)OCC3CC3)cc2)CC(C)O1. The van der Waals surface area contributed by atoms with Crippen LogP contribution in [0.2, 0.25) is 0 Å². The Morgan fingerprint density at radius 3 is 2.42 bits per heavy atom. The van der Waals surface area contributed by atoms with Gasteiger partial charge in [0.25, 0.3) is 0 Å². The van der Waals surface area contributed by atoms with Gasteiger partial charge in [-0.25, -0.2) is 0 Å². The number of carbonyl (C=O) groups is 1. The topological polar surface area (TPSA) is 50.8 Å². The van der Waals surface area contributed by atoms with Crippen LogP contribution in [0.15, 0.2) is 24.3 Å². The third-order valence-electron chi connectivity index (χ3n) is 5.04. The van der Waals surface area contributed by atoms with Crippen LogP contribution in [-0.2, 0) is 27.4 Å². The second-order valence-electron chi connectivity index (χ2n) is 7.90. The summed E-state index contributed by atoms with van der Waals surface area (Å²) in [5.74, 6) is 0.640. The second kappa shape index (κ2) is 8.98. The van der Waals surface area contributed by atoms with Gasteiger partial charge in [-0.1, -0.05) is 24.3 Å². The highest BCUT2D eigenvalue weighted by Gasteiger charge is 2.24. The molecule has 0 bridgehead atoms. The van der Waals surface area contributed by atoms with Crippen LogP contribution in [0.3, 0.4) is 0 Å². The molecule has 1 aliphatic carbocycles. The molecule has 1 amide bonds. The number of morpholine rings is 1. The third-order valence-corrected chi connectivity index (χ3v) is 5.04. The third kappa shape index (κ3) is 6.08. The van der Waals surface area contributed by atoms with Crippen molar-refractivity contribution >= 4 is 5.91 Å². The van der Waals surface area contributed by atoms with E-state index >= 15 is 0 Å². The van der Waals surface area contributed by atoms with Gasteiger partial charge in [0, 0.05) is 26.2 Å². The smallest absolute Gasteiger partial charge is 0.249 e. The Labute approximate surface area is 157 Å². The lowest BCUT2D eigenvalue weighted by Crippen LogP contribution is -2.44. The van der Waals surface area contributed by atoms with Gasteiger partial charge in [0.2, 0.25) is 5.91 Å². The summed E-state index contributed by atoms with van der Waals surface area (Å²) in [5, 5.41) is 2.96. The minimum Gasteiger partial charge on any atom is -0.373 e. The Kier molecular flexibility index (Phi) is 6.68. The van der Waals surface area contributed by atoms with Crippen LogP contribution in [0.25, 0.3) is 0 Å². The van der Waals surface area contributed by atoms with Crippen LogP contribution in [-0.4, -0.2) is 48.8 Å². The van der Waals surface area contributed by atoms with Gasteiger partial charge in [-0.15, -0.1) is 0 Å². The molecule has 3 atom stereocenters. The van der Waals surface area contributed by atoms with Crippen molar-refractivity contribution in [1.29, 1.82) is 0 Å². The Bertz CT molecular complexity index is 575. The molecule has 1 aromatic carbocycles. The molecular weight excluding hydrogens is 328 g/mol. The molecule has 2 aliphatic rings. The summed E-state index contributed by atoms with van der Waals surface area (Å²) < 4.78 is 11.4. The van der Waals surface area contributed by atoms with Gasteiger partial charge in [-0.3, -0.25) is 9.69 Å². The molecule has 0 spiro atoms. The van der Waals surface area contributed by atoms with E-state index in [0.717, 1.165) is 25.2 Å². The van der Waals surface area contributed by atoms with Crippen molar-refractivity contribution in [3.8, 4) is 0 Å². The van der Waals surface area contributed by atoms with E-state index in [1.165, 1.54) is 18.4 Å². The van der Waals surface area contributed by atoms with Crippen LogP contribution >= 0.6 is 0 Å². The summed E-state index contributed by atoms with van der Waals surface area (Å²) in [6.07, 6.45) is 2.68. The monoisotopic (exact) mass is 360 g/mol. The maximum Gasteiger partial charge on any atom is 0.249 e. The number of rotatable bonds is 8. The average molecular weight is 360 g/mol. The molecule has 1 saturated heterocycles. The molecule has 1 N–H and O–H groups in total. The van der Waals surface area contributed by atoms with Crippen molar-refractivity contribution < 1.29 is 14.3 Å². The molecule has 26 heavy (non-hydrogen) atoms. The number of nitrogens with one attached hydrogen (secondary N) is 1. The zero-order chi connectivity index (χ0) is 18.5. The first-order valence-electron chi connectivity index (χ1n) is 9.84. The predicted molar refractivity (Wildman–Crippen MR) is 102 cm³/mol. The lowest BCUT2D eigenvalue weighted by molar-refractivity contribution is -0.132. The lowest BCUT2D eigenvalue weighted by atomic mass is 10.1. The van der Waals surface area contributed by atoms with Gasteiger partial charge in [0.05, 0.1) is 18.8 Å². The van der Waals surface area contributed by atoms with Crippen molar-refractivity contribution in [2.75, 3.05) is 19.7 Å². The summed E-state index contributed by atoms with van der Waals surface area (Å²) in [5.41, 5.74) is 2.41. The number of ether oxygens (including phenoxy) is 2. The molecule has 0 radical (unpaired) electrons. The summed E-state index contributed by atoms with van der Waals surface area (Å²) >= 11 is 0. The van der Waals surface area contributed by atoms with Gasteiger partial charge >= 0.3 is 0 Å². The molecule has 1 heterocycles. The van der Waals surface area contributed by atoms with Gasteiger partial charge in [0.15, 0.2) is 0 Å². The van der Waals surface area contributed by atoms with Gasteiger partial charge in [-0.05, 0) is 50.7 Å². The van der Waals surface area contributed by atoms with Crippen LogP contribution < -0.4 is 5.32 Å². The van der Waals surface area contributed by atoms with Crippen LogP contribution in [0.4, 0.5) is 0 Å². The van der Waals surface area contributed by atoms with Crippen molar-refractivity contribution in [2.45, 2.75) is 65.0 Å². The molecule has 2 fully saturated rings. The van der Waals surface area contributed by atoms with Crippen LogP contribution in [0.5, 0.6) is 0 Å². The average Bonchev–Trinajstić information content (AvgIpc) is 3.42.